The van der Waals surface area contributed by atoms with Crippen LogP contribution in [0.4, 0.5) is 5.82 Å². The van der Waals surface area contributed by atoms with Gasteiger partial charge in [-0.2, -0.15) is 5.10 Å². The fourth-order valence-electron chi connectivity index (χ4n) is 1.98. The monoisotopic (exact) mass is 244 g/mol. The minimum atomic E-state index is 0.590. The molecule has 0 saturated carbocycles. The van der Waals surface area contributed by atoms with Crippen LogP contribution in [0.5, 0.6) is 0 Å². The van der Waals surface area contributed by atoms with Gasteiger partial charge in [0.2, 0.25) is 0 Å². The molecule has 0 spiro atoms. The Morgan fingerprint density at radius 1 is 1.22 bits per heavy atom. The van der Waals surface area contributed by atoms with Crippen LogP contribution < -0.4 is 5.73 Å². The fraction of sp³-hybridized carbons (Fsp3) is 0.357. The molecule has 0 aliphatic carbocycles. The number of aromatic nitrogens is 2. The summed E-state index contributed by atoms with van der Waals surface area (Å²) in [5, 5.41) is 4.17. The first kappa shape index (κ1) is 12.6. The van der Waals surface area contributed by atoms with E-state index in [-0.39, 0.29) is 0 Å². The molecule has 1 aromatic heterocycles. The summed E-state index contributed by atoms with van der Waals surface area (Å²) in [6, 6.07) is 12.3. The van der Waals surface area contributed by atoms with Gasteiger partial charge in [-0.15, -0.1) is 0 Å². The van der Waals surface area contributed by atoms with Crippen molar-refractivity contribution in [1.82, 2.24) is 14.7 Å². The Labute approximate surface area is 108 Å². The molecule has 1 heterocycles. The first-order valence-corrected chi connectivity index (χ1v) is 6.25. The van der Waals surface area contributed by atoms with Crippen LogP contribution in [0.15, 0.2) is 42.6 Å². The van der Waals surface area contributed by atoms with Crippen molar-refractivity contribution in [3.05, 3.63) is 48.2 Å². The Bertz CT molecular complexity index is 464. The SMILES string of the molecule is CN(CCCn1ccc(N)n1)Cc1ccccc1. The topological polar surface area (TPSA) is 47.1 Å². The average Bonchev–Trinajstić information content (AvgIpc) is 2.76. The number of benzene rings is 1. The Hall–Kier alpha value is -1.81. The number of hydrogen-bond acceptors (Lipinski definition) is 3. The molecule has 0 saturated heterocycles. The molecule has 2 rings (SSSR count). The van der Waals surface area contributed by atoms with E-state index in [1.165, 1.54) is 5.56 Å². The molecule has 18 heavy (non-hydrogen) atoms. The van der Waals surface area contributed by atoms with E-state index in [1.54, 1.807) is 0 Å². The van der Waals surface area contributed by atoms with Crippen LogP contribution in [-0.2, 0) is 13.1 Å². The molecule has 2 N–H and O–H groups in total. The van der Waals surface area contributed by atoms with Crippen molar-refractivity contribution in [1.29, 1.82) is 0 Å². The maximum Gasteiger partial charge on any atom is 0.145 e. The summed E-state index contributed by atoms with van der Waals surface area (Å²) in [6.07, 6.45) is 3.00. The maximum absolute atomic E-state index is 5.57. The first-order valence-electron chi connectivity index (χ1n) is 6.25. The van der Waals surface area contributed by atoms with Gasteiger partial charge in [-0.1, -0.05) is 30.3 Å². The number of anilines is 1. The smallest absolute Gasteiger partial charge is 0.145 e. The van der Waals surface area contributed by atoms with Gasteiger partial charge in [-0.05, 0) is 31.6 Å². The summed E-state index contributed by atoms with van der Waals surface area (Å²) in [5.74, 6) is 0.590. The summed E-state index contributed by atoms with van der Waals surface area (Å²) in [4.78, 5) is 2.32. The van der Waals surface area contributed by atoms with Crippen LogP contribution >= 0.6 is 0 Å². The largest absolute Gasteiger partial charge is 0.382 e. The van der Waals surface area contributed by atoms with E-state index >= 15 is 0 Å². The van der Waals surface area contributed by atoms with Gasteiger partial charge in [0.05, 0.1) is 0 Å². The van der Waals surface area contributed by atoms with E-state index in [0.717, 1.165) is 26.1 Å². The van der Waals surface area contributed by atoms with E-state index < -0.39 is 0 Å². The summed E-state index contributed by atoms with van der Waals surface area (Å²) in [5.41, 5.74) is 6.92. The highest BCUT2D eigenvalue weighted by atomic mass is 15.3. The lowest BCUT2D eigenvalue weighted by Gasteiger charge is -2.16. The minimum Gasteiger partial charge on any atom is -0.382 e. The second-order valence-electron chi connectivity index (χ2n) is 4.58. The lowest BCUT2D eigenvalue weighted by Crippen LogP contribution is -2.20. The molecular formula is C14H20N4. The van der Waals surface area contributed by atoms with Crippen LogP contribution in [0.3, 0.4) is 0 Å². The molecule has 0 unspecified atom stereocenters. The lowest BCUT2D eigenvalue weighted by atomic mass is 10.2. The van der Waals surface area contributed by atoms with Crippen molar-refractivity contribution in [3.63, 3.8) is 0 Å². The molecule has 4 nitrogen and oxygen atoms in total. The highest BCUT2D eigenvalue weighted by molar-refractivity contribution is 5.23. The standard InChI is InChI=1S/C14H20N4/c1-17(12-13-6-3-2-4-7-13)9-5-10-18-11-8-14(15)16-18/h2-4,6-8,11H,5,9-10,12H2,1H3,(H2,15,16). The van der Waals surface area contributed by atoms with Crippen molar-refractivity contribution in [2.75, 3.05) is 19.3 Å². The highest BCUT2D eigenvalue weighted by Crippen LogP contribution is 2.04. The van der Waals surface area contributed by atoms with E-state index in [4.69, 9.17) is 5.73 Å². The Kier molecular flexibility index (Phi) is 4.36. The van der Waals surface area contributed by atoms with Gasteiger partial charge in [-0.25, -0.2) is 0 Å². The van der Waals surface area contributed by atoms with Gasteiger partial charge in [-0.3, -0.25) is 4.68 Å². The molecule has 0 radical (unpaired) electrons. The third-order valence-electron chi connectivity index (χ3n) is 2.88. The predicted molar refractivity (Wildman–Crippen MR) is 74.0 cm³/mol. The van der Waals surface area contributed by atoms with Crippen LogP contribution in [0, 0.1) is 0 Å². The quantitative estimate of drug-likeness (QED) is 0.845. The molecule has 0 fully saturated rings. The Morgan fingerprint density at radius 2 is 2.00 bits per heavy atom. The Balaban J connectivity index is 1.70. The molecule has 2 aromatic rings. The second-order valence-corrected chi connectivity index (χ2v) is 4.58. The number of hydrogen-bond donors (Lipinski definition) is 1. The van der Waals surface area contributed by atoms with Crippen molar-refractivity contribution >= 4 is 5.82 Å². The molecule has 4 heteroatoms. The van der Waals surface area contributed by atoms with E-state index in [0.29, 0.717) is 5.82 Å². The van der Waals surface area contributed by atoms with E-state index in [2.05, 4.69) is 41.3 Å². The van der Waals surface area contributed by atoms with Crippen molar-refractivity contribution < 1.29 is 0 Å². The molecule has 0 atom stereocenters. The fourth-order valence-corrected chi connectivity index (χ4v) is 1.98. The first-order chi connectivity index (χ1) is 8.74. The van der Waals surface area contributed by atoms with E-state index in [9.17, 15) is 0 Å². The maximum atomic E-state index is 5.57. The van der Waals surface area contributed by atoms with E-state index in [1.807, 2.05) is 23.0 Å². The van der Waals surface area contributed by atoms with Crippen LogP contribution in [0.2, 0.25) is 0 Å². The normalized spacial score (nSPS) is 11.0. The van der Waals surface area contributed by atoms with Crippen molar-refractivity contribution in [3.8, 4) is 0 Å². The lowest BCUT2D eigenvalue weighted by molar-refractivity contribution is 0.311. The zero-order valence-corrected chi connectivity index (χ0v) is 10.8. The Morgan fingerprint density at radius 3 is 2.67 bits per heavy atom. The van der Waals surface area contributed by atoms with Crippen molar-refractivity contribution in [2.24, 2.45) is 0 Å². The highest BCUT2D eigenvalue weighted by Gasteiger charge is 2.00. The minimum absolute atomic E-state index is 0.590. The van der Waals surface area contributed by atoms with Gasteiger partial charge < -0.3 is 10.6 Å². The number of aryl methyl sites for hydroxylation is 1. The molecule has 0 bridgehead atoms. The van der Waals surface area contributed by atoms with Crippen molar-refractivity contribution in [2.45, 2.75) is 19.5 Å². The number of nitrogen functional groups attached to an aromatic ring is 1. The average molecular weight is 244 g/mol. The summed E-state index contributed by atoms with van der Waals surface area (Å²) >= 11 is 0. The van der Waals surface area contributed by atoms with Gasteiger partial charge in [0, 0.05) is 19.3 Å². The molecule has 0 aliphatic rings. The molecule has 1 aromatic carbocycles. The van der Waals surface area contributed by atoms with Gasteiger partial charge in [0.15, 0.2) is 0 Å². The van der Waals surface area contributed by atoms with Gasteiger partial charge >= 0.3 is 0 Å². The summed E-state index contributed by atoms with van der Waals surface area (Å²) in [7, 11) is 2.14. The van der Waals surface area contributed by atoms with Gasteiger partial charge in [0.1, 0.15) is 5.82 Å². The van der Waals surface area contributed by atoms with Crippen LogP contribution in [0.25, 0.3) is 0 Å². The van der Waals surface area contributed by atoms with Gasteiger partial charge in [0.25, 0.3) is 0 Å². The summed E-state index contributed by atoms with van der Waals surface area (Å²) in [6.45, 7) is 2.95. The van der Waals surface area contributed by atoms with Crippen LogP contribution in [-0.4, -0.2) is 28.3 Å². The number of nitrogens with two attached hydrogens (primary N) is 1. The number of nitrogens with zero attached hydrogens (tertiary/aromatic N) is 3. The molecule has 0 aliphatic heterocycles. The third-order valence-corrected chi connectivity index (χ3v) is 2.88. The predicted octanol–water partition coefficient (Wildman–Crippen LogP) is 1.99. The van der Waals surface area contributed by atoms with Crippen LogP contribution in [0.1, 0.15) is 12.0 Å². The third kappa shape index (κ3) is 3.89. The summed E-state index contributed by atoms with van der Waals surface area (Å²) < 4.78 is 1.89. The molecule has 0 amide bonds. The number of rotatable bonds is 6. The zero-order valence-electron chi connectivity index (χ0n) is 10.8. The molecular weight excluding hydrogens is 224 g/mol. The second kappa shape index (κ2) is 6.21. The molecule has 96 valence electrons. The zero-order chi connectivity index (χ0) is 12.8.